The number of nitrogens with zero attached hydrogens (tertiary/aromatic N) is 3. The first-order valence-corrected chi connectivity index (χ1v) is 6.95. The molecular weight excluding hydrogens is 327 g/mol. The lowest BCUT2D eigenvalue weighted by Gasteiger charge is -2.10. The van der Waals surface area contributed by atoms with Crippen molar-refractivity contribution in [2.24, 2.45) is 0 Å². The Hall–Kier alpha value is -2.84. The number of para-hydroxylation sites is 2. The molecule has 0 aliphatic carbocycles. The number of ether oxygens (including phenoxy) is 1. The first-order chi connectivity index (χ1) is 11.3. The van der Waals surface area contributed by atoms with Crippen molar-refractivity contribution in [3.05, 3.63) is 47.6 Å². The number of halogens is 3. The van der Waals surface area contributed by atoms with Gasteiger partial charge in [-0.15, -0.1) is 0 Å². The Morgan fingerprint density at radius 1 is 1.33 bits per heavy atom. The quantitative estimate of drug-likeness (QED) is 0.683. The molecular formula is C15H12F3N3O3. The van der Waals surface area contributed by atoms with Gasteiger partial charge in [0.15, 0.2) is 0 Å². The highest BCUT2D eigenvalue weighted by Gasteiger charge is 2.38. The maximum absolute atomic E-state index is 13.1. The monoisotopic (exact) mass is 339 g/mol. The van der Waals surface area contributed by atoms with Crippen LogP contribution in [0.4, 0.5) is 13.2 Å². The van der Waals surface area contributed by atoms with Gasteiger partial charge in [0.1, 0.15) is 24.6 Å². The molecule has 0 saturated heterocycles. The summed E-state index contributed by atoms with van der Waals surface area (Å²) in [6.07, 6.45) is -4.68. The third-order valence-electron chi connectivity index (χ3n) is 3.25. The van der Waals surface area contributed by atoms with E-state index in [0.29, 0.717) is 11.5 Å². The number of hydrogen-bond acceptors (Lipinski definition) is 5. The molecule has 126 valence electrons. The van der Waals surface area contributed by atoms with Crippen molar-refractivity contribution in [2.45, 2.75) is 26.3 Å². The fourth-order valence-electron chi connectivity index (χ4n) is 2.27. The minimum atomic E-state index is -4.68. The minimum absolute atomic E-state index is 0.157. The average Bonchev–Trinajstić information content (AvgIpc) is 3.09. The van der Waals surface area contributed by atoms with Crippen LogP contribution in [-0.4, -0.2) is 20.7 Å². The normalized spacial score (nSPS) is 11.8. The summed E-state index contributed by atoms with van der Waals surface area (Å²) in [4.78, 5) is 15.5. The standard InChI is InChI=1S/C15H12F3N3O3/c1-9-6-10(20-24-9)8-23-13(22)7-21-12-5-3-2-4-11(12)19-14(21)15(16,17)18/h2-6H,7-8H2,1H3. The second-order valence-electron chi connectivity index (χ2n) is 5.10. The maximum atomic E-state index is 13.1. The number of esters is 1. The zero-order chi connectivity index (χ0) is 17.3. The lowest BCUT2D eigenvalue weighted by atomic mass is 10.3. The zero-order valence-electron chi connectivity index (χ0n) is 12.5. The van der Waals surface area contributed by atoms with Crippen LogP contribution >= 0.6 is 0 Å². The Morgan fingerprint density at radius 3 is 2.75 bits per heavy atom. The molecule has 9 heteroatoms. The number of alkyl halides is 3. The van der Waals surface area contributed by atoms with E-state index in [1.165, 1.54) is 12.1 Å². The van der Waals surface area contributed by atoms with Crippen LogP contribution in [0.5, 0.6) is 0 Å². The van der Waals surface area contributed by atoms with E-state index in [2.05, 4.69) is 10.1 Å². The van der Waals surface area contributed by atoms with Gasteiger partial charge in [0, 0.05) is 6.07 Å². The van der Waals surface area contributed by atoms with Gasteiger partial charge < -0.3 is 13.8 Å². The second kappa shape index (κ2) is 5.99. The van der Waals surface area contributed by atoms with Crippen molar-refractivity contribution < 1.29 is 27.2 Å². The second-order valence-corrected chi connectivity index (χ2v) is 5.10. The average molecular weight is 339 g/mol. The minimum Gasteiger partial charge on any atom is -0.458 e. The van der Waals surface area contributed by atoms with E-state index in [-0.39, 0.29) is 17.6 Å². The van der Waals surface area contributed by atoms with E-state index in [1.54, 1.807) is 25.1 Å². The molecule has 0 fully saturated rings. The molecule has 3 aromatic rings. The third-order valence-corrected chi connectivity index (χ3v) is 3.25. The van der Waals surface area contributed by atoms with Crippen molar-refractivity contribution in [1.82, 2.24) is 14.7 Å². The van der Waals surface area contributed by atoms with Gasteiger partial charge in [-0.2, -0.15) is 13.2 Å². The van der Waals surface area contributed by atoms with Crippen LogP contribution in [0.3, 0.4) is 0 Å². The SMILES string of the molecule is Cc1cc(COC(=O)Cn2c(C(F)(F)F)nc3ccccc32)no1. The first kappa shape index (κ1) is 16.0. The van der Waals surface area contributed by atoms with Crippen LogP contribution in [0.25, 0.3) is 11.0 Å². The van der Waals surface area contributed by atoms with E-state index in [1.807, 2.05) is 0 Å². The number of aromatic nitrogens is 3. The molecule has 0 atom stereocenters. The predicted molar refractivity (Wildman–Crippen MR) is 75.8 cm³/mol. The lowest BCUT2D eigenvalue weighted by molar-refractivity contribution is -0.151. The van der Waals surface area contributed by atoms with Gasteiger partial charge in [-0.25, -0.2) is 4.98 Å². The number of rotatable bonds is 4. The Bertz CT molecular complexity index is 883. The van der Waals surface area contributed by atoms with E-state index in [9.17, 15) is 18.0 Å². The Balaban J connectivity index is 1.82. The summed E-state index contributed by atoms with van der Waals surface area (Å²) in [5.74, 6) is -1.43. The number of aryl methyl sites for hydroxylation is 1. The zero-order valence-corrected chi connectivity index (χ0v) is 12.5. The van der Waals surface area contributed by atoms with Crippen molar-refractivity contribution in [2.75, 3.05) is 0 Å². The number of carbonyl (C=O) groups excluding carboxylic acids is 1. The van der Waals surface area contributed by atoms with Crippen LogP contribution in [0, 0.1) is 6.92 Å². The Kier molecular flexibility index (Phi) is 4.00. The van der Waals surface area contributed by atoms with Crippen LogP contribution in [-0.2, 0) is 28.9 Å². The fraction of sp³-hybridized carbons (Fsp3) is 0.267. The number of fused-ring (bicyclic) bond motifs is 1. The maximum Gasteiger partial charge on any atom is 0.449 e. The highest BCUT2D eigenvalue weighted by atomic mass is 19.4. The number of benzene rings is 1. The highest BCUT2D eigenvalue weighted by Crippen LogP contribution is 2.31. The number of imidazole rings is 1. The molecule has 0 amide bonds. The molecule has 0 radical (unpaired) electrons. The summed E-state index contributed by atoms with van der Waals surface area (Å²) in [5.41, 5.74) is 0.746. The molecule has 0 bridgehead atoms. The smallest absolute Gasteiger partial charge is 0.449 e. The van der Waals surface area contributed by atoms with Crippen LogP contribution in [0.15, 0.2) is 34.9 Å². The topological polar surface area (TPSA) is 70.2 Å². The van der Waals surface area contributed by atoms with Gasteiger partial charge in [0.05, 0.1) is 11.0 Å². The van der Waals surface area contributed by atoms with Gasteiger partial charge in [0.2, 0.25) is 5.82 Å². The molecule has 0 aliphatic rings. The summed E-state index contributed by atoms with van der Waals surface area (Å²) in [6, 6.07) is 7.63. The molecule has 0 N–H and O–H groups in total. The summed E-state index contributed by atoms with van der Waals surface area (Å²) in [6.45, 7) is 0.891. The van der Waals surface area contributed by atoms with Gasteiger partial charge in [0.25, 0.3) is 0 Å². The van der Waals surface area contributed by atoms with Crippen molar-refractivity contribution in [1.29, 1.82) is 0 Å². The molecule has 24 heavy (non-hydrogen) atoms. The van der Waals surface area contributed by atoms with Crippen molar-refractivity contribution in [3.8, 4) is 0 Å². The fourth-order valence-corrected chi connectivity index (χ4v) is 2.27. The Morgan fingerprint density at radius 2 is 2.08 bits per heavy atom. The highest BCUT2D eigenvalue weighted by molar-refractivity contribution is 5.79. The molecule has 3 rings (SSSR count). The van der Waals surface area contributed by atoms with Gasteiger partial charge >= 0.3 is 12.1 Å². The van der Waals surface area contributed by atoms with Crippen molar-refractivity contribution >= 4 is 17.0 Å². The molecule has 1 aromatic carbocycles. The molecule has 2 aromatic heterocycles. The summed E-state index contributed by atoms with van der Waals surface area (Å²) >= 11 is 0. The van der Waals surface area contributed by atoms with E-state index >= 15 is 0 Å². The predicted octanol–water partition coefficient (Wildman–Crippen LogP) is 3.09. The molecule has 0 spiro atoms. The van der Waals surface area contributed by atoms with Gasteiger partial charge in [-0.1, -0.05) is 17.3 Å². The lowest BCUT2D eigenvalue weighted by Crippen LogP contribution is -2.20. The molecule has 0 unspecified atom stereocenters. The van der Waals surface area contributed by atoms with Gasteiger partial charge in [-0.05, 0) is 19.1 Å². The van der Waals surface area contributed by atoms with Gasteiger partial charge in [-0.3, -0.25) is 4.79 Å². The number of carbonyl (C=O) groups is 1. The Labute approximate surface area is 133 Å². The third kappa shape index (κ3) is 3.24. The first-order valence-electron chi connectivity index (χ1n) is 6.95. The van der Waals surface area contributed by atoms with E-state index in [4.69, 9.17) is 9.26 Å². The molecule has 0 saturated carbocycles. The molecule has 0 aliphatic heterocycles. The molecule has 2 heterocycles. The van der Waals surface area contributed by atoms with E-state index in [0.717, 1.165) is 4.57 Å². The number of hydrogen-bond donors (Lipinski definition) is 0. The largest absolute Gasteiger partial charge is 0.458 e. The molecule has 6 nitrogen and oxygen atoms in total. The summed E-state index contributed by atoms with van der Waals surface area (Å²) < 4.78 is 50.0. The van der Waals surface area contributed by atoms with Crippen molar-refractivity contribution in [3.63, 3.8) is 0 Å². The van der Waals surface area contributed by atoms with Crippen LogP contribution < -0.4 is 0 Å². The summed E-state index contributed by atoms with van der Waals surface area (Å²) in [5, 5.41) is 3.64. The van der Waals surface area contributed by atoms with E-state index < -0.39 is 24.5 Å². The van der Waals surface area contributed by atoms with Crippen LogP contribution in [0.2, 0.25) is 0 Å². The van der Waals surface area contributed by atoms with Crippen LogP contribution in [0.1, 0.15) is 17.3 Å². The summed E-state index contributed by atoms with van der Waals surface area (Å²) in [7, 11) is 0.